The summed E-state index contributed by atoms with van der Waals surface area (Å²) in [5, 5.41) is 12.1. The lowest BCUT2D eigenvalue weighted by atomic mass is 10.2. The second-order valence-electron chi connectivity index (χ2n) is 5.73. The van der Waals surface area contributed by atoms with Crippen LogP contribution in [-0.2, 0) is 6.42 Å². The van der Waals surface area contributed by atoms with Crippen LogP contribution in [0.15, 0.2) is 16.7 Å². The number of amides is 1. The van der Waals surface area contributed by atoms with E-state index >= 15 is 0 Å². The molecule has 122 valence electrons. The van der Waals surface area contributed by atoms with Gasteiger partial charge in [-0.25, -0.2) is 0 Å². The van der Waals surface area contributed by atoms with Crippen LogP contribution in [0.25, 0.3) is 0 Å². The number of aryl methyl sites for hydroxylation is 1. The fourth-order valence-corrected chi connectivity index (χ4v) is 2.65. The number of likely N-dealkylation sites (tertiary alicyclic amines) is 1. The number of carbonyl (C=O) groups excluding carboxylic acids is 1. The highest BCUT2D eigenvalue weighted by molar-refractivity contribution is 5.92. The fourth-order valence-electron chi connectivity index (χ4n) is 2.65. The largest absolute Gasteiger partial charge is 0.361 e. The highest BCUT2D eigenvalue weighted by Crippen LogP contribution is 2.31. The number of rotatable bonds is 4. The molecular weight excluding hydrogens is 296 g/mol. The molecule has 3 rings (SSSR count). The minimum absolute atomic E-state index is 0.145. The summed E-state index contributed by atoms with van der Waals surface area (Å²) in [4.78, 5) is 20.7. The van der Waals surface area contributed by atoms with Crippen LogP contribution in [0, 0.1) is 0 Å². The maximum atomic E-state index is 12.7. The minimum atomic E-state index is -0.151. The number of hydrogen-bond donors (Lipinski definition) is 0. The number of anilines is 1. The minimum Gasteiger partial charge on any atom is -0.361 e. The van der Waals surface area contributed by atoms with Crippen molar-refractivity contribution in [3.63, 3.8) is 0 Å². The van der Waals surface area contributed by atoms with Gasteiger partial charge in [0.1, 0.15) is 0 Å². The Morgan fingerprint density at radius 2 is 2.22 bits per heavy atom. The molecule has 1 amide bonds. The molecule has 8 heteroatoms. The van der Waals surface area contributed by atoms with Gasteiger partial charge in [-0.2, -0.15) is 4.98 Å². The van der Waals surface area contributed by atoms with E-state index in [1.165, 1.54) is 0 Å². The Kier molecular flexibility index (Phi) is 4.22. The van der Waals surface area contributed by atoms with Crippen molar-refractivity contribution in [2.24, 2.45) is 0 Å². The summed E-state index contributed by atoms with van der Waals surface area (Å²) in [7, 11) is 3.76. The molecule has 0 N–H and O–H groups in total. The summed E-state index contributed by atoms with van der Waals surface area (Å²) < 4.78 is 5.17. The molecule has 0 aromatic carbocycles. The van der Waals surface area contributed by atoms with E-state index in [0.29, 0.717) is 36.2 Å². The molecule has 0 aliphatic carbocycles. The Hall–Kier alpha value is -2.51. The average molecular weight is 316 g/mol. The zero-order chi connectivity index (χ0) is 16.4. The summed E-state index contributed by atoms with van der Waals surface area (Å²) in [5.41, 5.74) is 0.335. The zero-order valence-electron chi connectivity index (χ0n) is 13.6. The van der Waals surface area contributed by atoms with Gasteiger partial charge in [-0.05, 0) is 25.0 Å². The molecule has 1 atom stereocenters. The van der Waals surface area contributed by atoms with Gasteiger partial charge in [0.2, 0.25) is 5.89 Å². The SMILES string of the molecule is CCc1nc([C@@H]2CCCN2C(=O)c2ccc(N(C)C)nn2)no1. The molecule has 0 spiro atoms. The van der Waals surface area contributed by atoms with Crippen molar-refractivity contribution in [3.05, 3.63) is 29.5 Å². The molecule has 2 aromatic rings. The van der Waals surface area contributed by atoms with Crippen LogP contribution in [-0.4, -0.2) is 51.8 Å². The Morgan fingerprint density at radius 3 is 2.83 bits per heavy atom. The predicted octanol–water partition coefficient (Wildman–Crippen LogP) is 1.47. The Labute approximate surface area is 134 Å². The van der Waals surface area contributed by atoms with Crippen molar-refractivity contribution in [2.75, 3.05) is 25.5 Å². The third kappa shape index (κ3) is 3.01. The van der Waals surface area contributed by atoms with Gasteiger partial charge in [-0.1, -0.05) is 12.1 Å². The lowest BCUT2D eigenvalue weighted by Crippen LogP contribution is -2.32. The lowest BCUT2D eigenvalue weighted by molar-refractivity contribution is 0.0721. The highest BCUT2D eigenvalue weighted by atomic mass is 16.5. The third-order valence-electron chi connectivity index (χ3n) is 3.93. The van der Waals surface area contributed by atoms with Crippen LogP contribution in [0.4, 0.5) is 5.82 Å². The molecular formula is C15H20N6O2. The van der Waals surface area contributed by atoms with E-state index in [0.717, 1.165) is 12.8 Å². The topological polar surface area (TPSA) is 88.3 Å². The number of aromatic nitrogens is 4. The first-order valence-electron chi connectivity index (χ1n) is 7.74. The molecule has 0 unspecified atom stereocenters. The van der Waals surface area contributed by atoms with Crippen LogP contribution in [0.2, 0.25) is 0 Å². The van der Waals surface area contributed by atoms with Gasteiger partial charge in [0.15, 0.2) is 17.3 Å². The van der Waals surface area contributed by atoms with Crippen LogP contribution >= 0.6 is 0 Å². The molecule has 3 heterocycles. The summed E-state index contributed by atoms with van der Waals surface area (Å²) in [6, 6.07) is 3.34. The first-order valence-corrected chi connectivity index (χ1v) is 7.74. The van der Waals surface area contributed by atoms with Gasteiger partial charge in [0, 0.05) is 27.1 Å². The van der Waals surface area contributed by atoms with Gasteiger partial charge < -0.3 is 14.3 Å². The molecule has 1 fully saturated rings. The smallest absolute Gasteiger partial charge is 0.274 e. The van der Waals surface area contributed by atoms with E-state index in [9.17, 15) is 4.79 Å². The first kappa shape index (κ1) is 15.4. The van der Waals surface area contributed by atoms with Crippen molar-refractivity contribution in [3.8, 4) is 0 Å². The molecule has 1 aliphatic rings. The second kappa shape index (κ2) is 6.31. The van der Waals surface area contributed by atoms with Crippen LogP contribution in [0.1, 0.15) is 48.0 Å². The summed E-state index contributed by atoms with van der Waals surface area (Å²) in [6.45, 7) is 2.62. The van der Waals surface area contributed by atoms with Crippen molar-refractivity contribution in [2.45, 2.75) is 32.2 Å². The Balaban J connectivity index is 1.80. The van der Waals surface area contributed by atoms with E-state index in [2.05, 4.69) is 20.3 Å². The molecule has 2 aromatic heterocycles. The normalized spacial score (nSPS) is 17.5. The van der Waals surface area contributed by atoms with E-state index in [-0.39, 0.29) is 11.9 Å². The molecule has 8 nitrogen and oxygen atoms in total. The van der Waals surface area contributed by atoms with Gasteiger partial charge >= 0.3 is 0 Å². The maximum Gasteiger partial charge on any atom is 0.274 e. The maximum absolute atomic E-state index is 12.7. The van der Waals surface area contributed by atoms with E-state index in [1.54, 1.807) is 17.0 Å². The van der Waals surface area contributed by atoms with Crippen molar-refractivity contribution < 1.29 is 9.32 Å². The van der Waals surface area contributed by atoms with E-state index in [4.69, 9.17) is 4.52 Å². The summed E-state index contributed by atoms with van der Waals surface area (Å²) in [6.07, 6.45) is 2.43. The van der Waals surface area contributed by atoms with Gasteiger partial charge in [-0.3, -0.25) is 4.79 Å². The fraction of sp³-hybridized carbons (Fsp3) is 0.533. The molecule has 1 aliphatic heterocycles. The Bertz CT molecular complexity index is 682. The Morgan fingerprint density at radius 1 is 1.39 bits per heavy atom. The van der Waals surface area contributed by atoms with Crippen LogP contribution in [0.5, 0.6) is 0 Å². The quantitative estimate of drug-likeness (QED) is 0.843. The lowest BCUT2D eigenvalue weighted by Gasteiger charge is -2.21. The van der Waals surface area contributed by atoms with Gasteiger partial charge in [-0.15, -0.1) is 10.2 Å². The predicted molar refractivity (Wildman–Crippen MR) is 83.0 cm³/mol. The molecule has 0 saturated carbocycles. The first-order chi connectivity index (χ1) is 11.1. The van der Waals surface area contributed by atoms with E-state index < -0.39 is 0 Å². The van der Waals surface area contributed by atoms with Crippen LogP contribution < -0.4 is 4.90 Å². The molecule has 0 bridgehead atoms. The third-order valence-corrected chi connectivity index (χ3v) is 3.93. The van der Waals surface area contributed by atoms with Gasteiger partial charge in [0.05, 0.1) is 6.04 Å². The monoisotopic (exact) mass is 316 g/mol. The number of carbonyl (C=O) groups is 1. The summed E-state index contributed by atoms with van der Waals surface area (Å²) in [5.74, 6) is 1.73. The molecule has 23 heavy (non-hydrogen) atoms. The van der Waals surface area contributed by atoms with Crippen LogP contribution in [0.3, 0.4) is 0 Å². The van der Waals surface area contributed by atoms with Crippen molar-refractivity contribution in [1.29, 1.82) is 0 Å². The summed E-state index contributed by atoms with van der Waals surface area (Å²) >= 11 is 0. The second-order valence-corrected chi connectivity index (χ2v) is 5.73. The standard InChI is InChI=1S/C15H20N6O2/c1-4-13-16-14(19-23-13)11-6-5-9-21(11)15(22)10-7-8-12(18-17-10)20(2)3/h7-8,11H,4-6,9H2,1-3H3/t11-/m0/s1. The van der Waals surface area contributed by atoms with Gasteiger partial charge in [0.25, 0.3) is 5.91 Å². The van der Waals surface area contributed by atoms with Crippen molar-refractivity contribution >= 4 is 11.7 Å². The van der Waals surface area contributed by atoms with E-state index in [1.807, 2.05) is 25.9 Å². The number of nitrogens with zero attached hydrogens (tertiary/aromatic N) is 6. The highest BCUT2D eigenvalue weighted by Gasteiger charge is 2.34. The average Bonchev–Trinajstić information content (AvgIpc) is 3.22. The zero-order valence-corrected chi connectivity index (χ0v) is 13.6. The van der Waals surface area contributed by atoms with Crippen molar-refractivity contribution in [1.82, 2.24) is 25.2 Å². The molecule has 1 saturated heterocycles. The molecule has 0 radical (unpaired) electrons. The number of hydrogen-bond acceptors (Lipinski definition) is 7.